The third kappa shape index (κ3) is 3.26. The quantitative estimate of drug-likeness (QED) is 0.577. The van der Waals surface area contributed by atoms with Crippen LogP contribution in [0.25, 0.3) is 11.0 Å². The van der Waals surface area contributed by atoms with Gasteiger partial charge in [-0.3, -0.25) is 0 Å². The zero-order chi connectivity index (χ0) is 17.3. The van der Waals surface area contributed by atoms with E-state index >= 15 is 0 Å². The molecule has 0 bridgehead atoms. The maximum atomic E-state index is 12.0. The Labute approximate surface area is 142 Å². The molecule has 0 aliphatic heterocycles. The molecular formula is C18H13ClO5. The summed E-state index contributed by atoms with van der Waals surface area (Å²) in [7, 11) is 0. The first kappa shape index (κ1) is 16.1. The summed E-state index contributed by atoms with van der Waals surface area (Å²) >= 11 is 6.12. The molecule has 0 aliphatic carbocycles. The largest absolute Gasteiger partial charge is 0.508 e. The van der Waals surface area contributed by atoms with Crippen molar-refractivity contribution in [3.05, 3.63) is 74.6 Å². The SMILES string of the molecule is Cc1cc2oc(=O)cc(COC(=O)c3ccc(O)cc3)c2cc1Cl. The number of rotatable bonds is 3. The maximum Gasteiger partial charge on any atom is 0.338 e. The number of hydrogen-bond acceptors (Lipinski definition) is 5. The van der Waals surface area contributed by atoms with Crippen LogP contribution in [0, 0.1) is 6.92 Å². The van der Waals surface area contributed by atoms with Crippen LogP contribution in [0.15, 0.2) is 51.7 Å². The van der Waals surface area contributed by atoms with Crippen LogP contribution in [0.3, 0.4) is 0 Å². The van der Waals surface area contributed by atoms with Gasteiger partial charge in [0.25, 0.3) is 0 Å². The van der Waals surface area contributed by atoms with Gasteiger partial charge in [0, 0.05) is 22.0 Å². The molecule has 0 atom stereocenters. The van der Waals surface area contributed by atoms with Crippen molar-refractivity contribution in [2.45, 2.75) is 13.5 Å². The molecule has 0 unspecified atom stereocenters. The monoisotopic (exact) mass is 344 g/mol. The summed E-state index contributed by atoms with van der Waals surface area (Å²) in [6.45, 7) is 1.71. The van der Waals surface area contributed by atoms with Crippen LogP contribution in [-0.4, -0.2) is 11.1 Å². The Morgan fingerprint density at radius 1 is 1.21 bits per heavy atom. The molecule has 6 heteroatoms. The molecule has 0 spiro atoms. The molecule has 0 saturated carbocycles. The van der Waals surface area contributed by atoms with Crippen LogP contribution in [0.5, 0.6) is 5.75 Å². The Kier molecular flexibility index (Phi) is 4.27. The van der Waals surface area contributed by atoms with E-state index in [1.165, 1.54) is 30.3 Å². The number of aryl methyl sites for hydroxylation is 1. The fraction of sp³-hybridized carbons (Fsp3) is 0.111. The van der Waals surface area contributed by atoms with Crippen molar-refractivity contribution >= 4 is 28.5 Å². The Morgan fingerprint density at radius 2 is 1.92 bits per heavy atom. The highest BCUT2D eigenvalue weighted by atomic mass is 35.5. The second kappa shape index (κ2) is 6.37. The van der Waals surface area contributed by atoms with E-state index in [0.717, 1.165) is 5.56 Å². The number of phenols is 1. The van der Waals surface area contributed by atoms with E-state index in [9.17, 15) is 14.7 Å². The minimum absolute atomic E-state index is 0.0585. The predicted octanol–water partition coefficient (Wildman–Crippen LogP) is 3.82. The van der Waals surface area contributed by atoms with Crippen molar-refractivity contribution in [2.24, 2.45) is 0 Å². The van der Waals surface area contributed by atoms with Gasteiger partial charge < -0.3 is 14.3 Å². The fourth-order valence-electron chi connectivity index (χ4n) is 2.29. The lowest BCUT2D eigenvalue weighted by molar-refractivity contribution is 0.0474. The first-order valence-electron chi connectivity index (χ1n) is 7.13. The van der Waals surface area contributed by atoms with Crippen LogP contribution >= 0.6 is 11.6 Å². The summed E-state index contributed by atoms with van der Waals surface area (Å²) < 4.78 is 10.4. The number of carbonyl (C=O) groups excluding carboxylic acids is 1. The van der Waals surface area contributed by atoms with Gasteiger partial charge in [0.05, 0.1) is 5.56 Å². The number of phenolic OH excluding ortho intramolecular Hbond substituents is 1. The first-order valence-corrected chi connectivity index (χ1v) is 7.51. The van der Waals surface area contributed by atoms with Crippen LogP contribution in [0.4, 0.5) is 0 Å². The second-order valence-electron chi connectivity index (χ2n) is 5.31. The summed E-state index contributed by atoms with van der Waals surface area (Å²) in [5.74, 6) is -0.502. The molecule has 3 aromatic rings. The molecule has 3 rings (SSSR count). The van der Waals surface area contributed by atoms with Crippen LogP contribution < -0.4 is 5.63 Å². The number of ether oxygens (including phenoxy) is 1. The summed E-state index contributed by atoms with van der Waals surface area (Å²) in [6.07, 6.45) is 0. The molecule has 1 N–H and O–H groups in total. The number of halogens is 1. The van der Waals surface area contributed by atoms with Crippen molar-refractivity contribution in [3.63, 3.8) is 0 Å². The number of esters is 1. The van der Waals surface area contributed by atoms with Crippen molar-refractivity contribution < 1.29 is 19.1 Å². The van der Waals surface area contributed by atoms with Gasteiger partial charge in [-0.25, -0.2) is 9.59 Å². The normalized spacial score (nSPS) is 10.8. The third-order valence-electron chi connectivity index (χ3n) is 3.57. The number of benzene rings is 2. The average Bonchev–Trinajstić information content (AvgIpc) is 2.54. The topological polar surface area (TPSA) is 76.7 Å². The highest BCUT2D eigenvalue weighted by Gasteiger charge is 2.12. The van der Waals surface area contributed by atoms with Crippen LogP contribution in [0.2, 0.25) is 5.02 Å². The van der Waals surface area contributed by atoms with Gasteiger partial charge in [0.15, 0.2) is 0 Å². The van der Waals surface area contributed by atoms with Crippen molar-refractivity contribution in [2.75, 3.05) is 0 Å². The third-order valence-corrected chi connectivity index (χ3v) is 3.98. The number of fused-ring (bicyclic) bond motifs is 1. The minimum atomic E-state index is -0.561. The van der Waals surface area contributed by atoms with Crippen LogP contribution in [-0.2, 0) is 11.3 Å². The molecule has 0 radical (unpaired) electrons. The summed E-state index contributed by atoms with van der Waals surface area (Å²) in [6, 6.07) is 10.3. The van der Waals surface area contributed by atoms with E-state index in [4.69, 9.17) is 20.8 Å². The smallest absolute Gasteiger partial charge is 0.338 e. The first-order chi connectivity index (χ1) is 11.4. The molecule has 5 nitrogen and oxygen atoms in total. The van der Waals surface area contributed by atoms with Crippen LogP contribution in [0.1, 0.15) is 21.5 Å². The second-order valence-corrected chi connectivity index (χ2v) is 5.72. The van der Waals surface area contributed by atoms with Gasteiger partial charge in [-0.15, -0.1) is 0 Å². The van der Waals surface area contributed by atoms with E-state index in [-0.39, 0.29) is 12.4 Å². The molecule has 0 fully saturated rings. The summed E-state index contributed by atoms with van der Waals surface area (Å²) in [5, 5.41) is 10.4. The van der Waals surface area contributed by atoms with E-state index < -0.39 is 11.6 Å². The average molecular weight is 345 g/mol. The van der Waals surface area contributed by atoms with Gasteiger partial charge >= 0.3 is 11.6 Å². The lowest BCUT2D eigenvalue weighted by Gasteiger charge is -2.08. The van der Waals surface area contributed by atoms with E-state index in [0.29, 0.717) is 27.1 Å². The van der Waals surface area contributed by atoms with Gasteiger partial charge in [-0.1, -0.05) is 11.6 Å². The molecule has 0 saturated heterocycles. The highest BCUT2D eigenvalue weighted by molar-refractivity contribution is 6.32. The Hall–Kier alpha value is -2.79. The molecule has 122 valence electrons. The summed E-state index contributed by atoms with van der Waals surface area (Å²) in [5.41, 5.74) is 1.45. The number of hydrogen-bond donors (Lipinski definition) is 1. The molecule has 0 aliphatic rings. The van der Waals surface area contributed by atoms with Gasteiger partial charge in [-0.05, 0) is 48.9 Å². The Morgan fingerprint density at radius 3 is 2.62 bits per heavy atom. The molecular weight excluding hydrogens is 332 g/mol. The van der Waals surface area contributed by atoms with Gasteiger partial charge in [0.2, 0.25) is 0 Å². The standard InChI is InChI=1S/C18H13ClO5/c1-10-6-16-14(8-15(10)19)12(7-17(21)24-16)9-23-18(22)11-2-4-13(20)5-3-11/h2-8,20H,9H2,1H3. The van der Waals surface area contributed by atoms with Crippen molar-refractivity contribution in [3.8, 4) is 5.75 Å². The van der Waals surface area contributed by atoms with E-state index in [1.807, 2.05) is 0 Å². The van der Waals surface area contributed by atoms with Crippen molar-refractivity contribution in [1.82, 2.24) is 0 Å². The van der Waals surface area contributed by atoms with Gasteiger partial charge in [0.1, 0.15) is 17.9 Å². The molecule has 1 heterocycles. The van der Waals surface area contributed by atoms with E-state index in [1.54, 1.807) is 19.1 Å². The fourth-order valence-corrected chi connectivity index (χ4v) is 2.46. The van der Waals surface area contributed by atoms with Crippen molar-refractivity contribution in [1.29, 1.82) is 0 Å². The lowest BCUT2D eigenvalue weighted by atomic mass is 10.1. The number of carbonyl (C=O) groups is 1. The number of aromatic hydroxyl groups is 1. The molecule has 1 aromatic heterocycles. The minimum Gasteiger partial charge on any atom is -0.508 e. The Balaban J connectivity index is 1.89. The van der Waals surface area contributed by atoms with E-state index in [2.05, 4.69) is 0 Å². The summed E-state index contributed by atoms with van der Waals surface area (Å²) in [4.78, 5) is 23.7. The molecule has 0 amide bonds. The predicted molar refractivity (Wildman–Crippen MR) is 89.5 cm³/mol. The lowest BCUT2D eigenvalue weighted by Crippen LogP contribution is -2.08. The highest BCUT2D eigenvalue weighted by Crippen LogP contribution is 2.25. The zero-order valence-electron chi connectivity index (χ0n) is 12.7. The zero-order valence-corrected chi connectivity index (χ0v) is 13.5. The molecule has 24 heavy (non-hydrogen) atoms. The Bertz CT molecular complexity index is 973. The maximum absolute atomic E-state index is 12.0. The van der Waals surface area contributed by atoms with Gasteiger partial charge in [-0.2, -0.15) is 0 Å². The molecule has 2 aromatic carbocycles.